The molecule has 0 saturated heterocycles. The van der Waals surface area contributed by atoms with Crippen LogP contribution in [-0.2, 0) is 11.3 Å². The van der Waals surface area contributed by atoms with Crippen LogP contribution in [0.5, 0.6) is 0 Å². The van der Waals surface area contributed by atoms with Crippen LogP contribution in [0.3, 0.4) is 0 Å². The van der Waals surface area contributed by atoms with E-state index >= 15 is 0 Å². The average molecular weight is 296 g/mol. The Bertz CT molecular complexity index is 652. The SMILES string of the molecule is CC(N)CC(=O)NCc1cc(=O)[nH]c2ccccc12.Cl. The van der Waals surface area contributed by atoms with E-state index in [9.17, 15) is 9.59 Å². The van der Waals surface area contributed by atoms with E-state index in [0.29, 0.717) is 6.54 Å². The number of rotatable bonds is 4. The van der Waals surface area contributed by atoms with Crippen LogP contribution in [-0.4, -0.2) is 16.9 Å². The van der Waals surface area contributed by atoms with Gasteiger partial charge in [-0.2, -0.15) is 0 Å². The lowest BCUT2D eigenvalue weighted by atomic mass is 10.1. The molecule has 1 heterocycles. The fourth-order valence-corrected chi connectivity index (χ4v) is 1.98. The standard InChI is InChI=1S/C14H17N3O2.ClH/c1-9(15)6-13(18)16-8-10-7-14(19)17-12-5-3-2-4-11(10)12;/h2-5,7,9H,6,8,15H2,1H3,(H,16,18)(H,17,19);1H. The molecule has 0 saturated carbocycles. The van der Waals surface area contributed by atoms with E-state index in [2.05, 4.69) is 10.3 Å². The molecule has 6 heteroatoms. The quantitative estimate of drug-likeness (QED) is 0.794. The summed E-state index contributed by atoms with van der Waals surface area (Å²) in [5, 5.41) is 3.71. The van der Waals surface area contributed by atoms with Gasteiger partial charge in [-0.15, -0.1) is 12.4 Å². The molecule has 5 nitrogen and oxygen atoms in total. The van der Waals surface area contributed by atoms with Crippen molar-refractivity contribution in [1.29, 1.82) is 0 Å². The number of nitrogens with two attached hydrogens (primary N) is 1. The van der Waals surface area contributed by atoms with Crippen molar-refractivity contribution in [3.05, 3.63) is 46.2 Å². The molecule has 2 rings (SSSR count). The monoisotopic (exact) mass is 295 g/mol. The molecule has 1 aromatic carbocycles. The number of benzene rings is 1. The summed E-state index contributed by atoms with van der Waals surface area (Å²) in [4.78, 5) is 25.9. The zero-order valence-corrected chi connectivity index (χ0v) is 12.0. The van der Waals surface area contributed by atoms with Crippen LogP contribution in [0.25, 0.3) is 10.9 Å². The van der Waals surface area contributed by atoms with Crippen LogP contribution < -0.4 is 16.6 Å². The summed E-state index contributed by atoms with van der Waals surface area (Å²) >= 11 is 0. The first-order valence-electron chi connectivity index (χ1n) is 6.19. The molecule has 1 unspecified atom stereocenters. The number of nitrogens with one attached hydrogen (secondary N) is 2. The minimum Gasteiger partial charge on any atom is -0.352 e. The molecule has 1 atom stereocenters. The molecule has 0 aliphatic rings. The highest BCUT2D eigenvalue weighted by molar-refractivity contribution is 5.85. The molecule has 0 spiro atoms. The summed E-state index contributed by atoms with van der Waals surface area (Å²) < 4.78 is 0. The molecule has 2 aromatic rings. The van der Waals surface area contributed by atoms with Crippen molar-refractivity contribution in [3.63, 3.8) is 0 Å². The van der Waals surface area contributed by atoms with Crippen LogP contribution in [0.1, 0.15) is 18.9 Å². The van der Waals surface area contributed by atoms with E-state index in [0.717, 1.165) is 16.5 Å². The van der Waals surface area contributed by atoms with Gasteiger partial charge < -0.3 is 16.0 Å². The van der Waals surface area contributed by atoms with Crippen molar-refractivity contribution in [1.82, 2.24) is 10.3 Å². The van der Waals surface area contributed by atoms with E-state index in [1.807, 2.05) is 24.3 Å². The maximum Gasteiger partial charge on any atom is 0.248 e. The molecular weight excluding hydrogens is 278 g/mol. The van der Waals surface area contributed by atoms with Gasteiger partial charge in [-0.3, -0.25) is 9.59 Å². The van der Waals surface area contributed by atoms with Crippen LogP contribution >= 0.6 is 12.4 Å². The van der Waals surface area contributed by atoms with Gasteiger partial charge >= 0.3 is 0 Å². The van der Waals surface area contributed by atoms with Crippen molar-refractivity contribution in [3.8, 4) is 0 Å². The second-order valence-corrected chi connectivity index (χ2v) is 4.66. The Morgan fingerprint density at radius 1 is 1.40 bits per heavy atom. The van der Waals surface area contributed by atoms with Gasteiger partial charge in [0.25, 0.3) is 0 Å². The Hall–Kier alpha value is -1.85. The van der Waals surface area contributed by atoms with Crippen LogP contribution in [0.15, 0.2) is 35.1 Å². The van der Waals surface area contributed by atoms with Crippen molar-refractivity contribution in [2.75, 3.05) is 0 Å². The largest absolute Gasteiger partial charge is 0.352 e. The lowest BCUT2D eigenvalue weighted by Gasteiger charge is -2.09. The van der Waals surface area contributed by atoms with Gasteiger partial charge in [0.05, 0.1) is 0 Å². The molecule has 4 N–H and O–H groups in total. The molecule has 20 heavy (non-hydrogen) atoms. The highest BCUT2D eigenvalue weighted by Crippen LogP contribution is 2.14. The number of carbonyl (C=O) groups is 1. The smallest absolute Gasteiger partial charge is 0.248 e. The predicted molar refractivity (Wildman–Crippen MR) is 81.9 cm³/mol. The second-order valence-electron chi connectivity index (χ2n) is 4.66. The molecule has 0 fully saturated rings. The number of fused-ring (bicyclic) bond motifs is 1. The maximum absolute atomic E-state index is 11.6. The summed E-state index contributed by atoms with van der Waals surface area (Å²) in [5.41, 5.74) is 6.96. The molecule has 0 aliphatic carbocycles. The van der Waals surface area contributed by atoms with Crippen molar-refractivity contribution in [2.24, 2.45) is 5.73 Å². The lowest BCUT2D eigenvalue weighted by Crippen LogP contribution is -2.29. The van der Waals surface area contributed by atoms with Gasteiger partial charge in [-0.05, 0) is 18.6 Å². The zero-order valence-electron chi connectivity index (χ0n) is 11.2. The Kier molecular flexibility index (Phi) is 5.73. The van der Waals surface area contributed by atoms with Gasteiger partial charge in [0.1, 0.15) is 0 Å². The average Bonchev–Trinajstić information content (AvgIpc) is 2.35. The number of H-pyrrole nitrogens is 1. The Morgan fingerprint density at radius 2 is 2.10 bits per heavy atom. The first-order valence-corrected chi connectivity index (χ1v) is 6.19. The predicted octanol–water partition coefficient (Wildman–Crippen LogP) is 1.30. The highest BCUT2D eigenvalue weighted by atomic mass is 35.5. The summed E-state index contributed by atoms with van der Waals surface area (Å²) in [6.45, 7) is 2.11. The minimum absolute atomic E-state index is 0. The Morgan fingerprint density at radius 3 is 2.80 bits per heavy atom. The number of aromatic nitrogens is 1. The van der Waals surface area contributed by atoms with E-state index in [-0.39, 0.29) is 36.3 Å². The molecule has 108 valence electrons. The third-order valence-electron chi connectivity index (χ3n) is 2.82. The zero-order chi connectivity index (χ0) is 13.8. The van der Waals surface area contributed by atoms with E-state index in [1.165, 1.54) is 6.07 Å². The second kappa shape index (κ2) is 7.07. The van der Waals surface area contributed by atoms with E-state index < -0.39 is 0 Å². The third-order valence-corrected chi connectivity index (χ3v) is 2.82. The Balaban J connectivity index is 0.00000200. The molecule has 0 radical (unpaired) electrons. The summed E-state index contributed by atoms with van der Waals surface area (Å²) in [7, 11) is 0. The topological polar surface area (TPSA) is 88.0 Å². The first kappa shape index (κ1) is 16.2. The number of carbonyl (C=O) groups excluding carboxylic acids is 1. The third kappa shape index (κ3) is 4.08. The van der Waals surface area contributed by atoms with E-state index in [4.69, 9.17) is 5.73 Å². The summed E-state index contributed by atoms with van der Waals surface area (Å²) in [6, 6.07) is 8.84. The van der Waals surface area contributed by atoms with Gasteiger partial charge in [0.15, 0.2) is 0 Å². The lowest BCUT2D eigenvalue weighted by molar-refractivity contribution is -0.121. The van der Waals surface area contributed by atoms with Gasteiger partial charge in [-0.1, -0.05) is 18.2 Å². The van der Waals surface area contributed by atoms with Gasteiger partial charge in [0.2, 0.25) is 11.5 Å². The van der Waals surface area contributed by atoms with Crippen molar-refractivity contribution in [2.45, 2.75) is 25.9 Å². The molecule has 1 aromatic heterocycles. The molecule has 1 amide bonds. The number of amides is 1. The molecule has 0 bridgehead atoms. The normalized spacial score (nSPS) is 11.7. The highest BCUT2D eigenvalue weighted by Gasteiger charge is 2.07. The summed E-state index contributed by atoms with van der Waals surface area (Å²) in [5.74, 6) is -0.112. The van der Waals surface area contributed by atoms with Crippen molar-refractivity contribution < 1.29 is 4.79 Å². The van der Waals surface area contributed by atoms with Crippen molar-refractivity contribution >= 4 is 29.2 Å². The van der Waals surface area contributed by atoms with Gasteiger partial charge in [0, 0.05) is 36.0 Å². The fraction of sp³-hybridized carbons (Fsp3) is 0.286. The van der Waals surface area contributed by atoms with Crippen LogP contribution in [0.4, 0.5) is 0 Å². The number of pyridine rings is 1. The first-order chi connectivity index (χ1) is 9.06. The molecule has 0 aliphatic heterocycles. The van der Waals surface area contributed by atoms with E-state index in [1.54, 1.807) is 6.92 Å². The maximum atomic E-state index is 11.6. The fourth-order valence-electron chi connectivity index (χ4n) is 1.98. The van der Waals surface area contributed by atoms with Crippen LogP contribution in [0, 0.1) is 0 Å². The number of aromatic amines is 1. The summed E-state index contributed by atoms with van der Waals surface area (Å²) in [6.07, 6.45) is 0.279. The van der Waals surface area contributed by atoms with Gasteiger partial charge in [-0.25, -0.2) is 0 Å². The molecular formula is C14H18ClN3O2. The minimum atomic E-state index is -0.171. The number of hydrogen-bond acceptors (Lipinski definition) is 3. The van der Waals surface area contributed by atoms with Crippen LogP contribution in [0.2, 0.25) is 0 Å². The number of para-hydroxylation sites is 1. The number of hydrogen-bond donors (Lipinski definition) is 3. The number of halogens is 1. The Labute approximate surface area is 123 Å².